The standard InChI is InChI=1S/C28H28N2O4/c1-16(2)19-8-10-21(11-9-19)30-24(20-7-6-12-29-15-20)23(26(32)28(30)33)25(31)22-14-17(3)13-18(4)27(22)34-5/h6-16,24,31H,1-5H3/b25-23+. The van der Waals surface area contributed by atoms with Crippen LogP contribution in [-0.2, 0) is 9.59 Å². The highest BCUT2D eigenvalue weighted by molar-refractivity contribution is 6.51. The summed E-state index contributed by atoms with van der Waals surface area (Å²) in [5, 5.41) is 11.5. The number of nitrogens with zero attached hydrogens (tertiary/aromatic N) is 2. The Morgan fingerprint density at radius 2 is 1.79 bits per heavy atom. The quantitative estimate of drug-likeness (QED) is 0.313. The SMILES string of the molecule is COc1c(C)cc(C)cc1/C(O)=C1\C(=O)C(=O)N(c2ccc(C(C)C)cc2)C1c1cccnc1. The average molecular weight is 457 g/mol. The minimum Gasteiger partial charge on any atom is -0.507 e. The van der Waals surface area contributed by atoms with E-state index in [0.29, 0.717) is 28.5 Å². The molecule has 6 heteroatoms. The van der Waals surface area contributed by atoms with Crippen LogP contribution in [0.5, 0.6) is 5.75 Å². The number of hydrogen-bond donors (Lipinski definition) is 1. The Kier molecular flexibility index (Phi) is 6.24. The number of carbonyl (C=O) groups excluding carboxylic acids is 2. The molecule has 1 atom stereocenters. The second-order valence-electron chi connectivity index (χ2n) is 8.86. The van der Waals surface area contributed by atoms with Crippen LogP contribution in [0.2, 0.25) is 0 Å². The van der Waals surface area contributed by atoms with E-state index in [-0.39, 0.29) is 11.3 Å². The van der Waals surface area contributed by atoms with E-state index in [9.17, 15) is 14.7 Å². The first kappa shape index (κ1) is 23.2. The fourth-order valence-corrected chi connectivity index (χ4v) is 4.52. The molecule has 1 unspecified atom stereocenters. The molecule has 0 spiro atoms. The third-order valence-corrected chi connectivity index (χ3v) is 6.16. The van der Waals surface area contributed by atoms with Gasteiger partial charge in [-0.3, -0.25) is 19.5 Å². The Labute approximate surface area is 199 Å². The molecule has 2 aromatic carbocycles. The van der Waals surface area contributed by atoms with Crippen molar-refractivity contribution in [3.63, 3.8) is 0 Å². The molecule has 0 bridgehead atoms. The van der Waals surface area contributed by atoms with Crippen LogP contribution < -0.4 is 9.64 Å². The maximum atomic E-state index is 13.4. The summed E-state index contributed by atoms with van der Waals surface area (Å²) < 4.78 is 5.55. The molecule has 1 N–H and O–H groups in total. The van der Waals surface area contributed by atoms with Crippen molar-refractivity contribution in [2.75, 3.05) is 12.0 Å². The first-order chi connectivity index (χ1) is 16.2. The summed E-state index contributed by atoms with van der Waals surface area (Å²) >= 11 is 0. The number of aromatic nitrogens is 1. The Bertz CT molecular complexity index is 1280. The first-order valence-corrected chi connectivity index (χ1v) is 11.2. The number of pyridine rings is 1. The van der Waals surface area contributed by atoms with Crippen LogP contribution in [0.4, 0.5) is 5.69 Å². The molecule has 1 saturated heterocycles. The molecule has 174 valence electrons. The highest BCUT2D eigenvalue weighted by Gasteiger charge is 2.47. The van der Waals surface area contributed by atoms with Crippen molar-refractivity contribution >= 4 is 23.1 Å². The number of ether oxygens (including phenoxy) is 1. The number of aliphatic hydroxyl groups is 1. The second kappa shape index (κ2) is 9.14. The molecular weight excluding hydrogens is 428 g/mol. The molecule has 1 aliphatic heterocycles. The van der Waals surface area contributed by atoms with Gasteiger partial charge in [0.15, 0.2) is 0 Å². The van der Waals surface area contributed by atoms with Gasteiger partial charge in [-0.05, 0) is 66.3 Å². The lowest BCUT2D eigenvalue weighted by atomic mass is 9.94. The van der Waals surface area contributed by atoms with Gasteiger partial charge in [-0.1, -0.05) is 38.1 Å². The molecule has 6 nitrogen and oxygen atoms in total. The van der Waals surface area contributed by atoms with E-state index in [2.05, 4.69) is 18.8 Å². The van der Waals surface area contributed by atoms with E-state index < -0.39 is 17.7 Å². The Morgan fingerprint density at radius 1 is 1.09 bits per heavy atom. The molecule has 0 saturated carbocycles. The van der Waals surface area contributed by atoms with Crippen LogP contribution in [0, 0.1) is 13.8 Å². The largest absolute Gasteiger partial charge is 0.507 e. The van der Waals surface area contributed by atoms with Crippen LogP contribution in [0.1, 0.15) is 53.6 Å². The van der Waals surface area contributed by atoms with Crippen LogP contribution in [-0.4, -0.2) is 28.9 Å². The van der Waals surface area contributed by atoms with Gasteiger partial charge in [0.1, 0.15) is 11.5 Å². The normalized spacial score (nSPS) is 17.5. The molecule has 0 aliphatic carbocycles. The lowest BCUT2D eigenvalue weighted by molar-refractivity contribution is -0.132. The maximum absolute atomic E-state index is 13.4. The summed E-state index contributed by atoms with van der Waals surface area (Å²) in [6.07, 6.45) is 3.23. The lowest BCUT2D eigenvalue weighted by Crippen LogP contribution is -2.29. The summed E-state index contributed by atoms with van der Waals surface area (Å²) in [5.41, 5.74) is 4.43. The van der Waals surface area contributed by atoms with Gasteiger partial charge in [0.25, 0.3) is 11.7 Å². The van der Waals surface area contributed by atoms with E-state index in [1.54, 1.807) is 30.6 Å². The summed E-state index contributed by atoms with van der Waals surface area (Å²) in [5.74, 6) is -0.926. The summed E-state index contributed by atoms with van der Waals surface area (Å²) in [6, 6.07) is 14.0. The Hall–Kier alpha value is -3.93. The fourth-order valence-electron chi connectivity index (χ4n) is 4.52. The van der Waals surface area contributed by atoms with Crippen molar-refractivity contribution in [2.45, 2.75) is 39.7 Å². The van der Waals surface area contributed by atoms with Gasteiger partial charge in [-0.2, -0.15) is 0 Å². The average Bonchev–Trinajstić information content (AvgIpc) is 3.09. The van der Waals surface area contributed by atoms with Crippen molar-refractivity contribution in [2.24, 2.45) is 0 Å². The minimum atomic E-state index is -0.830. The molecular formula is C28H28N2O4. The Balaban J connectivity index is 1.96. The van der Waals surface area contributed by atoms with Gasteiger partial charge in [-0.15, -0.1) is 0 Å². The van der Waals surface area contributed by atoms with E-state index >= 15 is 0 Å². The van der Waals surface area contributed by atoms with Crippen LogP contribution in [0.25, 0.3) is 5.76 Å². The van der Waals surface area contributed by atoms with Gasteiger partial charge < -0.3 is 9.84 Å². The third kappa shape index (κ3) is 3.96. The topological polar surface area (TPSA) is 79.7 Å². The van der Waals surface area contributed by atoms with Gasteiger partial charge in [0.2, 0.25) is 0 Å². The van der Waals surface area contributed by atoms with E-state index in [4.69, 9.17) is 4.74 Å². The van der Waals surface area contributed by atoms with Gasteiger partial charge in [-0.25, -0.2) is 0 Å². The van der Waals surface area contributed by atoms with E-state index in [1.165, 1.54) is 12.0 Å². The van der Waals surface area contributed by atoms with E-state index in [1.807, 2.05) is 44.2 Å². The number of rotatable bonds is 5. The second-order valence-corrected chi connectivity index (χ2v) is 8.86. The summed E-state index contributed by atoms with van der Waals surface area (Å²) in [6.45, 7) is 7.95. The number of aliphatic hydroxyl groups excluding tert-OH is 1. The number of carbonyl (C=O) groups is 2. The molecule has 1 aromatic heterocycles. The highest BCUT2D eigenvalue weighted by Crippen LogP contribution is 2.43. The van der Waals surface area contributed by atoms with Gasteiger partial charge in [0, 0.05) is 18.1 Å². The zero-order chi connectivity index (χ0) is 24.6. The molecule has 1 amide bonds. The minimum absolute atomic E-state index is 0.00855. The molecule has 4 rings (SSSR count). The molecule has 3 aromatic rings. The Morgan fingerprint density at radius 3 is 2.38 bits per heavy atom. The third-order valence-electron chi connectivity index (χ3n) is 6.16. The number of anilines is 1. The van der Waals surface area contributed by atoms with Crippen LogP contribution in [0.15, 0.2) is 66.5 Å². The number of benzene rings is 2. The van der Waals surface area contributed by atoms with Crippen LogP contribution in [0.3, 0.4) is 0 Å². The highest BCUT2D eigenvalue weighted by atomic mass is 16.5. The van der Waals surface area contributed by atoms with Gasteiger partial charge in [0.05, 0.1) is 24.3 Å². The molecule has 2 heterocycles. The van der Waals surface area contributed by atoms with Gasteiger partial charge >= 0.3 is 0 Å². The molecule has 1 aliphatic rings. The zero-order valence-corrected chi connectivity index (χ0v) is 20.0. The van der Waals surface area contributed by atoms with Crippen molar-refractivity contribution < 1.29 is 19.4 Å². The monoisotopic (exact) mass is 456 g/mol. The number of ketones is 1. The number of aryl methyl sites for hydroxylation is 2. The molecule has 0 radical (unpaired) electrons. The summed E-state index contributed by atoms with van der Waals surface area (Å²) in [7, 11) is 1.52. The zero-order valence-electron chi connectivity index (χ0n) is 20.0. The number of methoxy groups -OCH3 is 1. The van der Waals surface area contributed by atoms with Crippen molar-refractivity contribution in [3.05, 3.63) is 94.3 Å². The van der Waals surface area contributed by atoms with Crippen molar-refractivity contribution in [1.82, 2.24) is 4.98 Å². The van der Waals surface area contributed by atoms with Crippen molar-refractivity contribution in [1.29, 1.82) is 0 Å². The molecule has 34 heavy (non-hydrogen) atoms. The smallest absolute Gasteiger partial charge is 0.300 e. The predicted molar refractivity (Wildman–Crippen MR) is 132 cm³/mol. The summed E-state index contributed by atoms with van der Waals surface area (Å²) in [4.78, 5) is 32.3. The molecule has 1 fully saturated rings. The lowest BCUT2D eigenvalue weighted by Gasteiger charge is -2.25. The predicted octanol–water partition coefficient (Wildman–Crippen LogP) is 5.46. The van der Waals surface area contributed by atoms with Crippen molar-refractivity contribution in [3.8, 4) is 5.75 Å². The maximum Gasteiger partial charge on any atom is 0.300 e. The first-order valence-electron chi connectivity index (χ1n) is 11.2. The van der Waals surface area contributed by atoms with Crippen LogP contribution >= 0.6 is 0 Å². The van der Waals surface area contributed by atoms with E-state index in [0.717, 1.165) is 16.7 Å². The number of amides is 1. The fraction of sp³-hybridized carbons (Fsp3) is 0.250. The number of hydrogen-bond acceptors (Lipinski definition) is 5. The number of Topliss-reactive ketones (excluding diaryl/α,β-unsaturated/α-hetero) is 1.